The van der Waals surface area contributed by atoms with Gasteiger partial charge in [-0.1, -0.05) is 11.6 Å². The van der Waals surface area contributed by atoms with Crippen molar-refractivity contribution >= 4 is 33.9 Å². The molecule has 3 heterocycles. The monoisotopic (exact) mass is 326 g/mol. The Hall–Kier alpha value is -2.40. The quantitative estimate of drug-likeness (QED) is 0.645. The second-order valence-electron chi connectivity index (χ2n) is 5.80. The predicted octanol–water partition coefficient (Wildman–Crippen LogP) is 2.98. The van der Waals surface area contributed by atoms with E-state index in [1.807, 2.05) is 25.3 Å². The molecule has 0 aliphatic carbocycles. The molecule has 4 rings (SSSR count). The smallest absolute Gasteiger partial charge is 0.250 e. The Morgan fingerprint density at radius 1 is 1.22 bits per heavy atom. The molecule has 0 radical (unpaired) electrons. The molecule has 0 amide bonds. The van der Waals surface area contributed by atoms with E-state index in [4.69, 9.17) is 11.6 Å². The van der Waals surface area contributed by atoms with Crippen LogP contribution < -0.4 is 10.5 Å². The van der Waals surface area contributed by atoms with E-state index in [9.17, 15) is 4.79 Å². The molecule has 23 heavy (non-hydrogen) atoms. The van der Waals surface area contributed by atoms with E-state index < -0.39 is 0 Å². The lowest BCUT2D eigenvalue weighted by atomic mass is 10.1. The summed E-state index contributed by atoms with van der Waals surface area (Å²) in [4.78, 5) is 22.5. The Bertz CT molecular complexity index is 996. The van der Waals surface area contributed by atoms with Crippen LogP contribution in [-0.4, -0.2) is 21.1 Å². The van der Waals surface area contributed by atoms with Crippen molar-refractivity contribution in [3.63, 3.8) is 0 Å². The summed E-state index contributed by atoms with van der Waals surface area (Å²) < 4.78 is 1.59. The van der Waals surface area contributed by atoms with Gasteiger partial charge in [0.05, 0.1) is 11.2 Å². The van der Waals surface area contributed by atoms with Crippen LogP contribution in [-0.2, 0) is 13.5 Å². The molecule has 1 aliphatic rings. The summed E-state index contributed by atoms with van der Waals surface area (Å²) in [6, 6.07) is 7.58. The Kier molecular flexibility index (Phi) is 3.13. The van der Waals surface area contributed by atoms with Crippen molar-refractivity contribution in [1.82, 2.24) is 14.5 Å². The third-order valence-corrected chi connectivity index (χ3v) is 4.53. The van der Waals surface area contributed by atoms with Crippen LogP contribution in [0.5, 0.6) is 0 Å². The minimum Gasteiger partial charge on any atom is -0.340 e. The van der Waals surface area contributed by atoms with Crippen molar-refractivity contribution in [2.75, 3.05) is 11.4 Å². The van der Waals surface area contributed by atoms with Crippen molar-refractivity contribution < 1.29 is 0 Å². The van der Waals surface area contributed by atoms with Gasteiger partial charge in [0, 0.05) is 36.9 Å². The highest BCUT2D eigenvalue weighted by Gasteiger charge is 2.22. The minimum atomic E-state index is -0.0152. The second kappa shape index (κ2) is 5.06. The summed E-state index contributed by atoms with van der Waals surface area (Å²) in [7, 11) is 1.76. The summed E-state index contributed by atoms with van der Waals surface area (Å²) >= 11 is 6.29. The van der Waals surface area contributed by atoms with E-state index in [1.165, 1.54) is 5.56 Å². The zero-order valence-corrected chi connectivity index (χ0v) is 13.6. The first-order chi connectivity index (χ1) is 11.0. The zero-order valence-electron chi connectivity index (χ0n) is 12.9. The first kappa shape index (κ1) is 14.2. The van der Waals surface area contributed by atoms with E-state index in [-0.39, 0.29) is 5.56 Å². The van der Waals surface area contributed by atoms with E-state index in [2.05, 4.69) is 20.9 Å². The lowest BCUT2D eigenvalue weighted by molar-refractivity contribution is 0.851. The van der Waals surface area contributed by atoms with Gasteiger partial charge in [-0.25, -0.2) is 9.97 Å². The molecule has 0 bridgehead atoms. The normalized spacial score (nSPS) is 13.6. The fourth-order valence-electron chi connectivity index (χ4n) is 3.09. The van der Waals surface area contributed by atoms with Gasteiger partial charge >= 0.3 is 0 Å². The number of benzene rings is 1. The Labute approximate surface area is 138 Å². The number of hydrogen-bond acceptors (Lipinski definition) is 4. The number of rotatable bonds is 1. The van der Waals surface area contributed by atoms with Gasteiger partial charge < -0.3 is 9.47 Å². The molecular formula is C17H15ClN4O. The highest BCUT2D eigenvalue weighted by atomic mass is 35.5. The molecule has 0 fully saturated rings. The van der Waals surface area contributed by atoms with Crippen LogP contribution in [0.25, 0.3) is 10.9 Å². The fraction of sp³-hybridized carbons (Fsp3) is 0.235. The summed E-state index contributed by atoms with van der Waals surface area (Å²) in [6.45, 7) is 2.71. The molecule has 0 saturated heterocycles. The average Bonchev–Trinajstić information content (AvgIpc) is 2.91. The maximum atomic E-state index is 11.6. The van der Waals surface area contributed by atoms with Crippen LogP contribution in [0.15, 0.2) is 35.3 Å². The summed E-state index contributed by atoms with van der Waals surface area (Å²) in [5.41, 5.74) is 4.20. The van der Waals surface area contributed by atoms with Gasteiger partial charge in [0.2, 0.25) is 5.56 Å². The molecule has 3 aromatic rings. The summed E-state index contributed by atoms with van der Waals surface area (Å²) in [5.74, 6) is 0.676. The number of halogens is 1. The molecule has 0 N–H and O–H groups in total. The third kappa shape index (κ3) is 2.28. The van der Waals surface area contributed by atoms with Crippen LogP contribution in [0.4, 0.5) is 11.4 Å². The van der Waals surface area contributed by atoms with Crippen LogP contribution in [0.3, 0.4) is 0 Å². The molecule has 2 aromatic heterocycles. The Morgan fingerprint density at radius 3 is 2.83 bits per heavy atom. The number of aryl methyl sites for hydroxylation is 2. The fourth-order valence-corrected chi connectivity index (χ4v) is 3.36. The maximum Gasteiger partial charge on any atom is 0.250 e. The van der Waals surface area contributed by atoms with Crippen molar-refractivity contribution in [3.8, 4) is 0 Å². The van der Waals surface area contributed by atoms with Gasteiger partial charge in [0.1, 0.15) is 11.0 Å². The number of hydrogen-bond donors (Lipinski definition) is 0. The Balaban J connectivity index is 1.89. The SMILES string of the molecule is Cc1nc(Cl)c2cc3c(cc2n1)CCN3c1ccc(=O)n(C)c1. The van der Waals surface area contributed by atoms with Crippen molar-refractivity contribution in [1.29, 1.82) is 0 Å². The molecule has 1 aliphatic heterocycles. The van der Waals surface area contributed by atoms with Crippen LogP contribution >= 0.6 is 11.6 Å². The number of pyridine rings is 1. The van der Waals surface area contributed by atoms with Gasteiger partial charge in [0.25, 0.3) is 0 Å². The van der Waals surface area contributed by atoms with Crippen molar-refractivity contribution in [3.05, 3.63) is 57.4 Å². The topological polar surface area (TPSA) is 51.0 Å². The van der Waals surface area contributed by atoms with Crippen LogP contribution in [0.2, 0.25) is 5.15 Å². The van der Waals surface area contributed by atoms with Crippen LogP contribution in [0, 0.1) is 6.92 Å². The summed E-state index contributed by atoms with van der Waals surface area (Å²) in [6.07, 6.45) is 2.80. The zero-order chi connectivity index (χ0) is 16.1. The largest absolute Gasteiger partial charge is 0.340 e. The standard InChI is InChI=1S/C17H15ClN4O/c1-10-19-14-7-11-5-6-22(12-3-4-16(23)21(2)9-12)15(11)8-13(14)17(18)20-10/h3-4,7-9H,5-6H2,1-2H3. The Morgan fingerprint density at radius 2 is 2.04 bits per heavy atom. The van der Waals surface area contributed by atoms with Crippen molar-refractivity contribution in [2.24, 2.45) is 7.05 Å². The van der Waals surface area contributed by atoms with Crippen molar-refractivity contribution in [2.45, 2.75) is 13.3 Å². The highest BCUT2D eigenvalue weighted by Crippen LogP contribution is 2.37. The maximum absolute atomic E-state index is 11.6. The first-order valence-electron chi connectivity index (χ1n) is 7.44. The first-order valence-corrected chi connectivity index (χ1v) is 7.82. The molecule has 0 atom stereocenters. The number of fused-ring (bicyclic) bond motifs is 2. The lowest BCUT2D eigenvalue weighted by Gasteiger charge is -2.20. The molecule has 5 nitrogen and oxygen atoms in total. The lowest BCUT2D eigenvalue weighted by Crippen LogP contribution is -2.19. The number of anilines is 2. The van der Waals surface area contributed by atoms with E-state index in [1.54, 1.807) is 17.7 Å². The van der Waals surface area contributed by atoms with Gasteiger partial charge in [-0.15, -0.1) is 0 Å². The molecular weight excluding hydrogens is 312 g/mol. The molecule has 1 aromatic carbocycles. The number of aromatic nitrogens is 3. The second-order valence-corrected chi connectivity index (χ2v) is 6.16. The van der Waals surface area contributed by atoms with Gasteiger partial charge in [-0.2, -0.15) is 0 Å². The summed E-state index contributed by atoms with van der Waals surface area (Å²) in [5, 5.41) is 1.33. The van der Waals surface area contributed by atoms with E-state index >= 15 is 0 Å². The molecule has 0 saturated carbocycles. The average molecular weight is 327 g/mol. The predicted molar refractivity (Wildman–Crippen MR) is 91.7 cm³/mol. The third-order valence-electron chi connectivity index (χ3n) is 4.24. The van der Waals surface area contributed by atoms with E-state index in [0.29, 0.717) is 11.0 Å². The molecule has 116 valence electrons. The number of nitrogens with zero attached hydrogens (tertiary/aromatic N) is 4. The molecule has 6 heteroatoms. The van der Waals surface area contributed by atoms with Gasteiger partial charge in [0.15, 0.2) is 0 Å². The molecule has 0 spiro atoms. The van der Waals surface area contributed by atoms with Crippen LogP contribution in [0.1, 0.15) is 11.4 Å². The molecule has 0 unspecified atom stereocenters. The van der Waals surface area contributed by atoms with E-state index in [0.717, 1.165) is 35.2 Å². The minimum absolute atomic E-state index is 0.0152. The van der Waals surface area contributed by atoms with Gasteiger partial charge in [-0.05, 0) is 37.1 Å². The van der Waals surface area contributed by atoms with Gasteiger partial charge in [-0.3, -0.25) is 4.79 Å². The highest BCUT2D eigenvalue weighted by molar-refractivity contribution is 6.34.